The quantitative estimate of drug-likeness (QED) is 0.697. The van der Waals surface area contributed by atoms with E-state index in [0.29, 0.717) is 25.7 Å². The summed E-state index contributed by atoms with van der Waals surface area (Å²) in [6, 6.07) is -0.483. The maximum Gasteiger partial charge on any atom is 0.312 e. The summed E-state index contributed by atoms with van der Waals surface area (Å²) in [4.78, 5) is 10.4. The third kappa shape index (κ3) is 3.93. The molecule has 0 aromatic heterocycles. The Hall–Kier alpha value is -0.810. The molecule has 5 heteroatoms. The summed E-state index contributed by atoms with van der Waals surface area (Å²) < 4.78 is 10.9. The zero-order chi connectivity index (χ0) is 10.6. The molecular weight excluding hydrogens is 184 g/mol. The molecule has 0 atom stereocenters. The van der Waals surface area contributed by atoms with E-state index in [1.54, 1.807) is 0 Å². The summed E-state index contributed by atoms with van der Waals surface area (Å²) in [7, 11) is 0. The fraction of sp³-hybridized carbons (Fsp3) is 0.889. The first kappa shape index (κ1) is 11.3. The first-order chi connectivity index (χ1) is 6.49. The van der Waals surface area contributed by atoms with Gasteiger partial charge in [-0.25, -0.2) is 4.79 Å². The van der Waals surface area contributed by atoms with Crippen LogP contribution in [0.25, 0.3) is 0 Å². The molecule has 1 aliphatic heterocycles. The molecule has 0 unspecified atom stereocenters. The Kier molecular flexibility index (Phi) is 3.71. The van der Waals surface area contributed by atoms with E-state index in [0.717, 1.165) is 6.42 Å². The second-order valence-corrected chi connectivity index (χ2v) is 3.97. The summed E-state index contributed by atoms with van der Waals surface area (Å²) in [6.07, 6.45) is 0.832. The van der Waals surface area contributed by atoms with Crippen LogP contribution < -0.4 is 11.1 Å². The Balaban J connectivity index is 2.13. The predicted molar refractivity (Wildman–Crippen MR) is 51.7 cm³/mol. The molecule has 14 heavy (non-hydrogen) atoms. The van der Waals surface area contributed by atoms with Gasteiger partial charge in [0.25, 0.3) is 0 Å². The topological polar surface area (TPSA) is 73.6 Å². The van der Waals surface area contributed by atoms with E-state index in [2.05, 4.69) is 5.32 Å². The van der Waals surface area contributed by atoms with Gasteiger partial charge in [0.2, 0.25) is 0 Å². The van der Waals surface area contributed by atoms with Crippen LogP contribution in [0.15, 0.2) is 0 Å². The maximum absolute atomic E-state index is 10.4. The number of carbonyl (C=O) groups is 1. The van der Waals surface area contributed by atoms with Gasteiger partial charge in [0.15, 0.2) is 5.79 Å². The molecule has 1 heterocycles. The van der Waals surface area contributed by atoms with Gasteiger partial charge in [-0.1, -0.05) is 0 Å². The van der Waals surface area contributed by atoms with E-state index in [1.807, 2.05) is 13.8 Å². The molecule has 5 nitrogen and oxygen atoms in total. The SMILES string of the molecule is CC1(C)OCC(CCNC(N)=O)CO1. The number of nitrogens with two attached hydrogens (primary N) is 1. The molecule has 0 aliphatic carbocycles. The maximum atomic E-state index is 10.4. The Bertz CT molecular complexity index is 196. The number of ether oxygens (including phenoxy) is 2. The highest BCUT2D eigenvalue weighted by atomic mass is 16.7. The lowest BCUT2D eigenvalue weighted by Crippen LogP contribution is -2.40. The number of rotatable bonds is 3. The van der Waals surface area contributed by atoms with Crippen molar-refractivity contribution in [1.29, 1.82) is 0 Å². The van der Waals surface area contributed by atoms with Crippen molar-refractivity contribution in [2.45, 2.75) is 26.1 Å². The van der Waals surface area contributed by atoms with Crippen molar-refractivity contribution in [3.63, 3.8) is 0 Å². The van der Waals surface area contributed by atoms with Crippen molar-refractivity contribution >= 4 is 6.03 Å². The Morgan fingerprint density at radius 1 is 1.50 bits per heavy atom. The fourth-order valence-corrected chi connectivity index (χ4v) is 1.29. The van der Waals surface area contributed by atoms with E-state index >= 15 is 0 Å². The molecule has 0 saturated carbocycles. The number of hydrogen-bond acceptors (Lipinski definition) is 3. The van der Waals surface area contributed by atoms with Gasteiger partial charge in [-0.3, -0.25) is 0 Å². The van der Waals surface area contributed by atoms with Gasteiger partial charge < -0.3 is 20.5 Å². The normalized spacial score (nSPS) is 21.9. The number of urea groups is 1. The van der Waals surface area contributed by atoms with Crippen molar-refractivity contribution in [2.75, 3.05) is 19.8 Å². The van der Waals surface area contributed by atoms with Crippen molar-refractivity contribution in [1.82, 2.24) is 5.32 Å². The average molecular weight is 202 g/mol. The van der Waals surface area contributed by atoms with E-state index in [9.17, 15) is 4.79 Å². The first-order valence-corrected chi connectivity index (χ1v) is 4.81. The standard InChI is InChI=1S/C9H18N2O3/c1-9(2)13-5-7(6-14-9)3-4-11-8(10)12/h7H,3-6H2,1-2H3,(H3,10,11,12). The lowest BCUT2D eigenvalue weighted by Gasteiger charge is -2.34. The van der Waals surface area contributed by atoms with Crippen molar-refractivity contribution in [3.8, 4) is 0 Å². The monoisotopic (exact) mass is 202 g/mol. The van der Waals surface area contributed by atoms with E-state index in [1.165, 1.54) is 0 Å². The van der Waals surface area contributed by atoms with E-state index in [4.69, 9.17) is 15.2 Å². The predicted octanol–water partition coefficient (Wildman–Crippen LogP) is 0.444. The van der Waals surface area contributed by atoms with Gasteiger partial charge in [0.05, 0.1) is 13.2 Å². The highest BCUT2D eigenvalue weighted by Gasteiger charge is 2.27. The van der Waals surface area contributed by atoms with Crippen molar-refractivity contribution < 1.29 is 14.3 Å². The van der Waals surface area contributed by atoms with Crippen LogP contribution >= 0.6 is 0 Å². The second kappa shape index (κ2) is 4.61. The van der Waals surface area contributed by atoms with Gasteiger partial charge >= 0.3 is 6.03 Å². The minimum absolute atomic E-state index is 0.342. The number of primary amides is 1. The highest BCUT2D eigenvalue weighted by molar-refractivity contribution is 5.71. The smallest absolute Gasteiger partial charge is 0.312 e. The van der Waals surface area contributed by atoms with Crippen LogP contribution in [0.3, 0.4) is 0 Å². The molecule has 1 fully saturated rings. The first-order valence-electron chi connectivity index (χ1n) is 4.81. The summed E-state index contributed by atoms with van der Waals surface area (Å²) in [5.41, 5.74) is 4.94. The third-order valence-corrected chi connectivity index (χ3v) is 2.19. The fourth-order valence-electron chi connectivity index (χ4n) is 1.29. The van der Waals surface area contributed by atoms with Crippen molar-refractivity contribution in [3.05, 3.63) is 0 Å². The Morgan fingerprint density at radius 3 is 2.57 bits per heavy atom. The Morgan fingerprint density at radius 2 is 2.07 bits per heavy atom. The van der Waals surface area contributed by atoms with Crippen molar-refractivity contribution in [2.24, 2.45) is 11.7 Å². The lowest BCUT2D eigenvalue weighted by atomic mass is 10.1. The van der Waals surface area contributed by atoms with Crippen LogP contribution in [0, 0.1) is 5.92 Å². The van der Waals surface area contributed by atoms with Crippen LogP contribution in [0.4, 0.5) is 4.79 Å². The van der Waals surface area contributed by atoms with Gasteiger partial charge in [0, 0.05) is 12.5 Å². The van der Waals surface area contributed by atoms with Gasteiger partial charge in [-0.05, 0) is 20.3 Å². The number of hydrogen-bond donors (Lipinski definition) is 2. The number of carbonyl (C=O) groups excluding carboxylic acids is 1. The molecule has 0 bridgehead atoms. The van der Waals surface area contributed by atoms with Crippen LogP contribution in [0.1, 0.15) is 20.3 Å². The summed E-state index contributed by atoms with van der Waals surface area (Å²) in [6.45, 7) is 5.71. The lowest BCUT2D eigenvalue weighted by molar-refractivity contribution is -0.262. The minimum Gasteiger partial charge on any atom is -0.352 e. The van der Waals surface area contributed by atoms with E-state index < -0.39 is 11.8 Å². The zero-order valence-electron chi connectivity index (χ0n) is 8.71. The molecule has 82 valence electrons. The minimum atomic E-state index is -0.483. The van der Waals surface area contributed by atoms with Crippen LogP contribution in [0.2, 0.25) is 0 Å². The van der Waals surface area contributed by atoms with Crippen LogP contribution in [-0.2, 0) is 9.47 Å². The third-order valence-electron chi connectivity index (χ3n) is 2.19. The molecule has 0 radical (unpaired) electrons. The molecule has 2 amide bonds. The van der Waals surface area contributed by atoms with Gasteiger partial charge in [-0.15, -0.1) is 0 Å². The molecule has 3 N–H and O–H groups in total. The Labute approximate surface area is 83.9 Å². The average Bonchev–Trinajstić information content (AvgIpc) is 2.07. The van der Waals surface area contributed by atoms with Gasteiger partial charge in [0.1, 0.15) is 0 Å². The van der Waals surface area contributed by atoms with E-state index in [-0.39, 0.29) is 0 Å². The van der Waals surface area contributed by atoms with Gasteiger partial charge in [-0.2, -0.15) is 0 Å². The molecule has 1 saturated heterocycles. The summed E-state index contributed by atoms with van der Waals surface area (Å²) >= 11 is 0. The summed E-state index contributed by atoms with van der Waals surface area (Å²) in [5, 5.41) is 2.54. The summed E-state index contributed by atoms with van der Waals surface area (Å²) in [5.74, 6) is -0.122. The van der Waals surface area contributed by atoms with Crippen LogP contribution in [-0.4, -0.2) is 31.6 Å². The highest BCUT2D eigenvalue weighted by Crippen LogP contribution is 2.21. The number of nitrogens with one attached hydrogen (secondary N) is 1. The molecule has 0 spiro atoms. The molecule has 1 rings (SSSR count). The van der Waals surface area contributed by atoms with Crippen LogP contribution in [0.5, 0.6) is 0 Å². The molecule has 0 aromatic rings. The largest absolute Gasteiger partial charge is 0.352 e. The molecule has 0 aromatic carbocycles. The zero-order valence-corrected chi connectivity index (χ0v) is 8.71. The second-order valence-electron chi connectivity index (χ2n) is 3.97. The number of amides is 2. The molecular formula is C9H18N2O3. The molecule has 1 aliphatic rings.